The molecule has 3 heterocycles. The van der Waals surface area contributed by atoms with Gasteiger partial charge in [0.2, 0.25) is 0 Å². The van der Waals surface area contributed by atoms with Crippen LogP contribution in [-0.2, 0) is 23.8 Å². The van der Waals surface area contributed by atoms with E-state index in [1.807, 2.05) is 13.0 Å². The van der Waals surface area contributed by atoms with Gasteiger partial charge >= 0.3 is 11.9 Å². The Kier molecular flexibility index (Phi) is 2.38. The first-order valence-electron chi connectivity index (χ1n) is 7.28. The lowest BCUT2D eigenvalue weighted by molar-refractivity contribution is -0.144. The molecule has 4 rings (SSSR count). The summed E-state index contributed by atoms with van der Waals surface area (Å²) in [6.45, 7) is 3.91. The largest absolute Gasteiger partial charge is 0.462 e. The van der Waals surface area contributed by atoms with Crippen LogP contribution in [0.3, 0.4) is 0 Å². The fraction of sp³-hybridized carbons (Fsp3) is 0.733. The minimum absolute atomic E-state index is 0.0938. The first kappa shape index (κ1) is 12.4. The third-order valence-corrected chi connectivity index (χ3v) is 5.21. The summed E-state index contributed by atoms with van der Waals surface area (Å²) < 4.78 is 16.8. The van der Waals surface area contributed by atoms with E-state index in [2.05, 4.69) is 6.92 Å². The molecule has 0 aromatic heterocycles. The molecule has 0 amide bonds. The van der Waals surface area contributed by atoms with E-state index in [1.54, 1.807) is 0 Å². The van der Waals surface area contributed by atoms with E-state index in [-0.39, 0.29) is 47.7 Å². The van der Waals surface area contributed by atoms with E-state index >= 15 is 0 Å². The highest BCUT2D eigenvalue weighted by molar-refractivity contribution is 5.91. The SMILES string of the molecule is CC1C(=O)OC2CC3(C)OC3CCC3=CC(OC3=O)C21. The summed E-state index contributed by atoms with van der Waals surface area (Å²) in [7, 11) is 0. The van der Waals surface area contributed by atoms with E-state index in [9.17, 15) is 9.59 Å². The third-order valence-electron chi connectivity index (χ3n) is 5.21. The maximum atomic E-state index is 11.9. The molecule has 6 unspecified atom stereocenters. The number of carbonyl (C=O) groups is 2. The van der Waals surface area contributed by atoms with Crippen LogP contribution in [0.15, 0.2) is 11.6 Å². The zero-order valence-electron chi connectivity index (χ0n) is 11.6. The van der Waals surface area contributed by atoms with Crippen LogP contribution in [0.25, 0.3) is 0 Å². The minimum atomic E-state index is -0.331. The van der Waals surface area contributed by atoms with Crippen LogP contribution in [0.5, 0.6) is 0 Å². The quantitative estimate of drug-likeness (QED) is 0.494. The van der Waals surface area contributed by atoms with Crippen molar-refractivity contribution >= 4 is 11.9 Å². The maximum Gasteiger partial charge on any atom is 0.334 e. The number of epoxide rings is 1. The predicted octanol–water partition coefficient (Wildman–Crippen LogP) is 1.36. The van der Waals surface area contributed by atoms with Crippen LogP contribution in [-0.4, -0.2) is 35.9 Å². The number of rotatable bonds is 0. The van der Waals surface area contributed by atoms with Gasteiger partial charge in [0.25, 0.3) is 0 Å². The van der Waals surface area contributed by atoms with Gasteiger partial charge in [-0.05, 0) is 25.8 Å². The van der Waals surface area contributed by atoms with E-state index in [0.29, 0.717) is 12.8 Å². The highest BCUT2D eigenvalue weighted by atomic mass is 16.6. The Labute approximate surface area is 117 Å². The van der Waals surface area contributed by atoms with E-state index in [4.69, 9.17) is 14.2 Å². The highest BCUT2D eigenvalue weighted by Gasteiger charge is 2.59. The van der Waals surface area contributed by atoms with Crippen molar-refractivity contribution < 1.29 is 23.8 Å². The van der Waals surface area contributed by atoms with Crippen molar-refractivity contribution in [3.63, 3.8) is 0 Å². The van der Waals surface area contributed by atoms with Crippen molar-refractivity contribution in [1.82, 2.24) is 0 Å². The van der Waals surface area contributed by atoms with Gasteiger partial charge in [0.1, 0.15) is 12.2 Å². The second-order valence-corrected chi connectivity index (χ2v) is 6.57. The molecule has 2 saturated heterocycles. The van der Waals surface area contributed by atoms with Gasteiger partial charge in [0.05, 0.1) is 17.6 Å². The first-order valence-corrected chi connectivity index (χ1v) is 7.28. The van der Waals surface area contributed by atoms with Crippen molar-refractivity contribution in [3.8, 4) is 0 Å². The van der Waals surface area contributed by atoms with Crippen molar-refractivity contribution in [3.05, 3.63) is 11.6 Å². The monoisotopic (exact) mass is 278 g/mol. The van der Waals surface area contributed by atoms with Crippen LogP contribution in [0, 0.1) is 11.8 Å². The number of ether oxygens (including phenoxy) is 3. The lowest BCUT2D eigenvalue weighted by atomic mass is 9.81. The number of hydrogen-bond donors (Lipinski definition) is 0. The average molecular weight is 278 g/mol. The van der Waals surface area contributed by atoms with Gasteiger partial charge in [0.15, 0.2) is 0 Å². The molecule has 0 spiro atoms. The van der Waals surface area contributed by atoms with Gasteiger partial charge in [-0.15, -0.1) is 0 Å². The first-order chi connectivity index (χ1) is 9.48. The van der Waals surface area contributed by atoms with Gasteiger partial charge in [0, 0.05) is 17.9 Å². The summed E-state index contributed by atoms with van der Waals surface area (Å²) in [6.07, 6.45) is 3.70. The molecular weight excluding hydrogens is 260 g/mol. The Morgan fingerprint density at radius 1 is 1.30 bits per heavy atom. The molecule has 108 valence electrons. The molecule has 0 aromatic carbocycles. The van der Waals surface area contributed by atoms with E-state index in [0.717, 1.165) is 12.0 Å². The fourth-order valence-corrected chi connectivity index (χ4v) is 3.88. The average Bonchev–Trinajstić information content (AvgIpc) is 2.74. The van der Waals surface area contributed by atoms with E-state index in [1.165, 1.54) is 0 Å². The molecule has 20 heavy (non-hydrogen) atoms. The molecule has 5 nitrogen and oxygen atoms in total. The molecule has 5 heteroatoms. The smallest absolute Gasteiger partial charge is 0.334 e. The lowest BCUT2D eigenvalue weighted by Crippen LogP contribution is -2.34. The Hall–Kier alpha value is -1.36. The molecule has 2 fully saturated rings. The van der Waals surface area contributed by atoms with Crippen LogP contribution in [0.4, 0.5) is 0 Å². The number of fused-ring (bicyclic) bond motifs is 4. The molecule has 0 radical (unpaired) electrons. The number of esters is 2. The van der Waals surface area contributed by atoms with Crippen molar-refractivity contribution in [2.45, 2.75) is 57.0 Å². The van der Waals surface area contributed by atoms with Crippen molar-refractivity contribution in [1.29, 1.82) is 0 Å². The molecule has 4 aliphatic rings. The molecule has 2 bridgehead atoms. The van der Waals surface area contributed by atoms with Crippen LogP contribution < -0.4 is 0 Å². The molecule has 6 atom stereocenters. The molecule has 0 saturated carbocycles. The predicted molar refractivity (Wildman–Crippen MR) is 67.6 cm³/mol. The summed E-state index contributed by atoms with van der Waals surface area (Å²) in [6, 6.07) is 0. The van der Waals surface area contributed by atoms with Crippen LogP contribution in [0.2, 0.25) is 0 Å². The Morgan fingerprint density at radius 2 is 2.10 bits per heavy atom. The van der Waals surface area contributed by atoms with Gasteiger partial charge in [-0.3, -0.25) is 4.79 Å². The van der Waals surface area contributed by atoms with Gasteiger partial charge in [-0.1, -0.05) is 6.92 Å². The summed E-state index contributed by atoms with van der Waals surface area (Å²) >= 11 is 0. The summed E-state index contributed by atoms with van der Waals surface area (Å²) in [5.74, 6) is -0.778. The minimum Gasteiger partial charge on any atom is -0.462 e. The second kappa shape index (κ2) is 3.85. The Morgan fingerprint density at radius 3 is 2.90 bits per heavy atom. The van der Waals surface area contributed by atoms with Crippen molar-refractivity contribution in [2.75, 3.05) is 0 Å². The lowest BCUT2D eigenvalue weighted by Gasteiger charge is -2.25. The molecule has 0 aromatic rings. The topological polar surface area (TPSA) is 65.1 Å². The third kappa shape index (κ3) is 1.65. The van der Waals surface area contributed by atoms with Gasteiger partial charge < -0.3 is 14.2 Å². The summed E-state index contributed by atoms with van der Waals surface area (Å²) in [5.41, 5.74) is 0.508. The van der Waals surface area contributed by atoms with Crippen molar-refractivity contribution in [2.24, 2.45) is 11.8 Å². The number of hydrogen-bond acceptors (Lipinski definition) is 5. The second-order valence-electron chi connectivity index (χ2n) is 6.57. The Balaban J connectivity index is 1.71. The van der Waals surface area contributed by atoms with Gasteiger partial charge in [-0.25, -0.2) is 4.79 Å². The highest BCUT2D eigenvalue weighted by Crippen LogP contribution is 2.49. The molecular formula is C15H18O5. The maximum absolute atomic E-state index is 11.9. The Bertz CT molecular complexity index is 524. The van der Waals surface area contributed by atoms with Crippen LogP contribution >= 0.6 is 0 Å². The zero-order chi connectivity index (χ0) is 14.1. The molecule has 3 aliphatic heterocycles. The summed E-state index contributed by atoms with van der Waals surface area (Å²) in [5, 5.41) is 0. The summed E-state index contributed by atoms with van der Waals surface area (Å²) in [4.78, 5) is 23.8. The molecule has 1 aliphatic carbocycles. The molecule has 0 N–H and O–H groups in total. The zero-order valence-corrected chi connectivity index (χ0v) is 11.6. The fourth-order valence-electron chi connectivity index (χ4n) is 3.88. The standard InChI is InChI=1S/C15H18O5/c1-7-12-9-5-8(14(17)18-9)3-4-11-15(2,20-11)6-10(12)19-13(7)16/h5,7,9-12H,3-4,6H2,1-2H3. The number of carbonyl (C=O) groups excluding carboxylic acids is 2. The van der Waals surface area contributed by atoms with Gasteiger partial charge in [-0.2, -0.15) is 0 Å². The van der Waals surface area contributed by atoms with E-state index < -0.39 is 0 Å². The van der Waals surface area contributed by atoms with Crippen LogP contribution in [0.1, 0.15) is 33.1 Å². The normalized spacial score (nSPS) is 49.7.